The molecular weight excluding hydrogens is 464 g/mol. The number of fused-ring (bicyclic) bond motifs is 2. The van der Waals surface area contributed by atoms with E-state index in [0.717, 1.165) is 34.2 Å². The molecule has 162 valence electrons. The number of methoxy groups -OCH3 is 1. The lowest BCUT2D eigenvalue weighted by Gasteiger charge is -2.31. The number of aliphatic hydroxyl groups is 1. The van der Waals surface area contributed by atoms with Crippen molar-refractivity contribution in [3.63, 3.8) is 0 Å². The van der Waals surface area contributed by atoms with Gasteiger partial charge in [-0.1, -0.05) is 13.8 Å². The topological polar surface area (TPSA) is 90.7 Å². The Morgan fingerprint density at radius 3 is 2.71 bits per heavy atom. The van der Waals surface area contributed by atoms with Gasteiger partial charge in [0, 0.05) is 22.7 Å². The molecule has 2 aromatic heterocycles. The lowest BCUT2D eigenvalue weighted by Crippen LogP contribution is -2.44. The van der Waals surface area contributed by atoms with Gasteiger partial charge in [-0.15, -0.1) is 0 Å². The fraction of sp³-hybridized carbons (Fsp3) is 0.348. The predicted octanol–water partition coefficient (Wildman–Crippen LogP) is 3.43. The Labute approximate surface area is 187 Å². The largest absolute Gasteiger partial charge is 0.497 e. The van der Waals surface area contributed by atoms with Gasteiger partial charge < -0.3 is 19.1 Å². The average Bonchev–Trinajstić information content (AvgIpc) is 2.78. The van der Waals surface area contributed by atoms with E-state index in [9.17, 15) is 14.7 Å². The Bertz CT molecular complexity index is 1250. The van der Waals surface area contributed by atoms with E-state index in [1.54, 1.807) is 30.9 Å². The number of cyclic esters (lactones) is 1. The SMILES string of the molecule is CCc1c(Cn2ccc3c(c2=O)COC(=O)[C@]3(O)CC)c(Br)nc2ccc(OC)cc12. The third-order valence-electron chi connectivity index (χ3n) is 5.95. The number of rotatable bonds is 5. The molecule has 0 amide bonds. The molecule has 31 heavy (non-hydrogen) atoms. The molecule has 0 aliphatic carbocycles. The highest BCUT2D eigenvalue weighted by Gasteiger charge is 2.44. The summed E-state index contributed by atoms with van der Waals surface area (Å²) in [5, 5.41) is 11.7. The van der Waals surface area contributed by atoms with Crippen molar-refractivity contribution in [3.05, 3.63) is 67.7 Å². The first-order chi connectivity index (χ1) is 14.8. The van der Waals surface area contributed by atoms with Crippen molar-refractivity contribution in [3.8, 4) is 5.75 Å². The number of carbonyl (C=O) groups is 1. The number of nitrogens with zero attached hydrogens (tertiary/aromatic N) is 2. The molecule has 4 rings (SSSR count). The molecule has 3 heterocycles. The van der Waals surface area contributed by atoms with Crippen LogP contribution in [0.3, 0.4) is 0 Å². The highest BCUT2D eigenvalue weighted by Crippen LogP contribution is 2.33. The van der Waals surface area contributed by atoms with E-state index in [1.165, 1.54) is 0 Å². The minimum absolute atomic E-state index is 0.129. The zero-order valence-electron chi connectivity index (χ0n) is 17.6. The maximum Gasteiger partial charge on any atom is 0.343 e. The summed E-state index contributed by atoms with van der Waals surface area (Å²) in [6.07, 6.45) is 2.49. The highest BCUT2D eigenvalue weighted by atomic mass is 79.9. The van der Waals surface area contributed by atoms with E-state index in [0.29, 0.717) is 15.7 Å². The Hall–Kier alpha value is -2.71. The van der Waals surface area contributed by atoms with Crippen LogP contribution in [0.15, 0.2) is 39.9 Å². The maximum atomic E-state index is 13.2. The summed E-state index contributed by atoms with van der Waals surface area (Å²) in [6, 6.07) is 7.36. The number of pyridine rings is 2. The number of carbonyl (C=O) groups excluding carboxylic acids is 1. The van der Waals surface area contributed by atoms with Crippen LogP contribution >= 0.6 is 15.9 Å². The molecule has 0 saturated carbocycles. The third kappa shape index (κ3) is 3.43. The Morgan fingerprint density at radius 2 is 2.03 bits per heavy atom. The van der Waals surface area contributed by atoms with Crippen molar-refractivity contribution < 1.29 is 19.4 Å². The zero-order chi connectivity index (χ0) is 22.3. The molecule has 0 spiro atoms. The van der Waals surface area contributed by atoms with E-state index in [-0.39, 0.29) is 25.1 Å². The highest BCUT2D eigenvalue weighted by molar-refractivity contribution is 9.10. The second kappa shape index (κ2) is 8.09. The first-order valence-corrected chi connectivity index (χ1v) is 10.9. The Balaban J connectivity index is 1.84. The van der Waals surface area contributed by atoms with Crippen LogP contribution in [0.25, 0.3) is 10.9 Å². The number of halogens is 1. The average molecular weight is 487 g/mol. The van der Waals surface area contributed by atoms with Gasteiger partial charge in [0.2, 0.25) is 0 Å². The molecule has 0 radical (unpaired) electrons. The maximum absolute atomic E-state index is 13.2. The summed E-state index contributed by atoms with van der Waals surface area (Å²) in [5.74, 6) is 0.0206. The van der Waals surface area contributed by atoms with Crippen LogP contribution in [-0.4, -0.2) is 27.7 Å². The molecule has 0 unspecified atom stereocenters. The van der Waals surface area contributed by atoms with Gasteiger partial charge in [0.1, 0.15) is 17.0 Å². The molecule has 1 N–H and O–H groups in total. The number of aryl methyl sites for hydroxylation is 1. The fourth-order valence-corrected chi connectivity index (χ4v) is 4.71. The van der Waals surface area contributed by atoms with Crippen LogP contribution in [0.4, 0.5) is 0 Å². The summed E-state index contributed by atoms with van der Waals surface area (Å²) < 4.78 is 12.7. The number of esters is 1. The van der Waals surface area contributed by atoms with Crippen LogP contribution in [0.5, 0.6) is 5.75 Å². The van der Waals surface area contributed by atoms with Gasteiger partial charge >= 0.3 is 5.97 Å². The summed E-state index contributed by atoms with van der Waals surface area (Å²) >= 11 is 3.57. The van der Waals surface area contributed by atoms with Gasteiger partial charge in [-0.25, -0.2) is 9.78 Å². The quantitative estimate of drug-likeness (QED) is 0.438. The molecule has 8 heteroatoms. The van der Waals surface area contributed by atoms with Crippen LogP contribution in [0, 0.1) is 0 Å². The lowest BCUT2D eigenvalue weighted by molar-refractivity contribution is -0.172. The van der Waals surface area contributed by atoms with Crippen LogP contribution in [0.2, 0.25) is 0 Å². The molecule has 1 aliphatic heterocycles. The zero-order valence-corrected chi connectivity index (χ0v) is 19.2. The molecule has 0 bridgehead atoms. The normalized spacial score (nSPS) is 18.0. The second-order valence-electron chi connectivity index (χ2n) is 7.53. The number of ether oxygens (including phenoxy) is 2. The number of hydrogen-bond acceptors (Lipinski definition) is 6. The minimum atomic E-state index is -1.79. The molecular formula is C23H23BrN2O5. The third-order valence-corrected chi connectivity index (χ3v) is 6.61. The van der Waals surface area contributed by atoms with E-state index in [4.69, 9.17) is 9.47 Å². The summed E-state index contributed by atoms with van der Waals surface area (Å²) in [5.41, 5.74) is 1.34. The van der Waals surface area contributed by atoms with Gasteiger partial charge in [-0.3, -0.25) is 4.79 Å². The van der Waals surface area contributed by atoms with Gasteiger partial charge in [0.05, 0.1) is 24.7 Å². The number of hydrogen-bond donors (Lipinski definition) is 1. The van der Waals surface area contributed by atoms with Crippen LogP contribution in [-0.2, 0) is 34.7 Å². The van der Waals surface area contributed by atoms with Crippen molar-refractivity contribution in [2.75, 3.05) is 7.11 Å². The van der Waals surface area contributed by atoms with Gasteiger partial charge in [0.25, 0.3) is 5.56 Å². The van der Waals surface area contributed by atoms with E-state index in [1.807, 2.05) is 18.2 Å². The first-order valence-electron chi connectivity index (χ1n) is 10.1. The molecule has 7 nitrogen and oxygen atoms in total. The molecule has 0 fully saturated rings. The van der Waals surface area contributed by atoms with Crippen molar-refractivity contribution >= 4 is 32.8 Å². The second-order valence-corrected chi connectivity index (χ2v) is 8.28. The molecule has 1 aliphatic rings. The molecule has 3 aromatic rings. The van der Waals surface area contributed by atoms with E-state index in [2.05, 4.69) is 27.8 Å². The van der Waals surface area contributed by atoms with Crippen molar-refractivity contribution in [1.29, 1.82) is 0 Å². The van der Waals surface area contributed by atoms with Crippen molar-refractivity contribution in [2.45, 2.75) is 45.4 Å². The summed E-state index contributed by atoms with van der Waals surface area (Å²) in [4.78, 5) is 30.0. The van der Waals surface area contributed by atoms with E-state index < -0.39 is 11.6 Å². The first kappa shape index (κ1) is 21.5. The molecule has 1 atom stereocenters. The van der Waals surface area contributed by atoms with Crippen LogP contribution in [0.1, 0.15) is 42.5 Å². The number of benzene rings is 1. The molecule has 0 saturated heterocycles. The Morgan fingerprint density at radius 1 is 1.26 bits per heavy atom. The van der Waals surface area contributed by atoms with E-state index >= 15 is 0 Å². The van der Waals surface area contributed by atoms with Gasteiger partial charge in [0.15, 0.2) is 5.60 Å². The fourth-order valence-electron chi connectivity index (χ4n) is 4.15. The minimum Gasteiger partial charge on any atom is -0.497 e. The van der Waals surface area contributed by atoms with Crippen LogP contribution < -0.4 is 10.3 Å². The predicted molar refractivity (Wildman–Crippen MR) is 119 cm³/mol. The summed E-state index contributed by atoms with van der Waals surface area (Å²) in [6.45, 7) is 3.88. The smallest absolute Gasteiger partial charge is 0.343 e. The molecule has 1 aromatic carbocycles. The standard InChI is InChI=1S/C23H23BrN2O5/c1-4-14-15-10-13(30-3)6-7-19(15)25-20(24)16(14)11-26-9-8-18-17(21(26)27)12-31-22(28)23(18,29)5-2/h6-10,29H,4-5,11-12H2,1-3H3/t23-/m0/s1. The van der Waals surface area contributed by atoms with Gasteiger partial charge in [-0.2, -0.15) is 0 Å². The monoisotopic (exact) mass is 486 g/mol. The Kier molecular flexibility index (Phi) is 5.61. The van der Waals surface area contributed by atoms with Crippen molar-refractivity contribution in [1.82, 2.24) is 9.55 Å². The summed E-state index contributed by atoms with van der Waals surface area (Å²) in [7, 11) is 1.62. The van der Waals surface area contributed by atoms with Gasteiger partial charge in [-0.05, 0) is 58.6 Å². The van der Waals surface area contributed by atoms with Crippen molar-refractivity contribution in [2.24, 2.45) is 0 Å². The lowest BCUT2D eigenvalue weighted by atomic mass is 9.87. The number of aromatic nitrogens is 2.